The number of benzene rings is 1. The lowest BCUT2D eigenvalue weighted by Crippen LogP contribution is -2.55. The predicted molar refractivity (Wildman–Crippen MR) is 135 cm³/mol. The van der Waals surface area contributed by atoms with Gasteiger partial charge in [0.15, 0.2) is 0 Å². The largest absolute Gasteiger partial charge is 0.444 e. The molecule has 0 heterocycles. The number of ether oxygens (including phenoxy) is 1. The first kappa shape index (κ1) is 29.5. The Morgan fingerprint density at radius 1 is 1.17 bits per heavy atom. The summed E-state index contributed by atoms with van der Waals surface area (Å²) in [4.78, 5) is 40.8. The highest BCUT2D eigenvalue weighted by molar-refractivity contribution is 5.92. The standard InChI is InChI=1S/C27H38N4O4/c1-8-11-17-29-24(32)23(21-14-12-20(10-3)13-15-21)31(18-16-28)25(33)22(19(4)9-2)30-26(34)35-27(5,6)7/h3,12-15,19,22-23H,8-9,11,17-18H2,1-2,4-7H3,(H,29,32)(H,30,34). The van der Waals surface area contributed by atoms with Crippen molar-refractivity contribution >= 4 is 17.9 Å². The third kappa shape index (κ3) is 9.33. The van der Waals surface area contributed by atoms with Crippen LogP contribution in [0.25, 0.3) is 0 Å². The summed E-state index contributed by atoms with van der Waals surface area (Å²) >= 11 is 0. The highest BCUT2D eigenvalue weighted by atomic mass is 16.6. The Hall–Kier alpha value is -3.52. The molecular formula is C27H38N4O4. The molecule has 0 aliphatic rings. The first-order valence-corrected chi connectivity index (χ1v) is 12.0. The average Bonchev–Trinajstić information content (AvgIpc) is 2.80. The lowest BCUT2D eigenvalue weighted by Gasteiger charge is -2.34. The van der Waals surface area contributed by atoms with Crippen molar-refractivity contribution in [2.75, 3.05) is 13.1 Å². The molecule has 3 amide bonds. The van der Waals surface area contributed by atoms with Crippen molar-refractivity contribution in [3.8, 4) is 18.4 Å². The number of carbonyl (C=O) groups is 3. The van der Waals surface area contributed by atoms with Crippen LogP contribution >= 0.6 is 0 Å². The predicted octanol–water partition coefficient (Wildman–Crippen LogP) is 3.92. The Balaban J connectivity index is 3.44. The molecule has 1 aromatic rings. The van der Waals surface area contributed by atoms with Gasteiger partial charge in [0.25, 0.3) is 0 Å². The SMILES string of the molecule is C#Cc1ccc(C(C(=O)NCCCC)N(CC#N)C(=O)C(NC(=O)OC(C)(C)C)C(C)CC)cc1. The Labute approximate surface area is 209 Å². The second-order valence-electron chi connectivity index (χ2n) is 9.45. The van der Waals surface area contributed by atoms with Crippen LogP contribution in [0.1, 0.15) is 78.0 Å². The Bertz CT molecular complexity index is 938. The van der Waals surface area contributed by atoms with Gasteiger partial charge in [0.1, 0.15) is 24.2 Å². The van der Waals surface area contributed by atoms with E-state index in [9.17, 15) is 19.6 Å². The summed E-state index contributed by atoms with van der Waals surface area (Å²) in [5.41, 5.74) is 0.392. The van der Waals surface area contributed by atoms with Crippen molar-refractivity contribution in [2.45, 2.75) is 78.5 Å². The van der Waals surface area contributed by atoms with E-state index in [-0.39, 0.29) is 12.5 Å². The van der Waals surface area contributed by atoms with E-state index in [4.69, 9.17) is 11.2 Å². The monoisotopic (exact) mass is 482 g/mol. The molecule has 0 aromatic heterocycles. The molecular weight excluding hydrogens is 444 g/mol. The third-order valence-corrected chi connectivity index (χ3v) is 5.46. The normalized spacial score (nSPS) is 13.4. The fraction of sp³-hybridized carbons (Fsp3) is 0.556. The van der Waals surface area contributed by atoms with Crippen molar-refractivity contribution in [3.05, 3.63) is 35.4 Å². The van der Waals surface area contributed by atoms with Crippen LogP contribution in [0, 0.1) is 29.6 Å². The summed E-state index contributed by atoms with van der Waals surface area (Å²) in [5.74, 6) is 1.31. The van der Waals surface area contributed by atoms with Crippen LogP contribution in [0.4, 0.5) is 4.79 Å². The number of amides is 3. The molecule has 0 aliphatic heterocycles. The zero-order chi connectivity index (χ0) is 26.6. The fourth-order valence-electron chi connectivity index (χ4n) is 3.39. The molecule has 0 fully saturated rings. The highest BCUT2D eigenvalue weighted by Crippen LogP contribution is 2.25. The molecule has 8 nitrogen and oxygen atoms in total. The van der Waals surface area contributed by atoms with E-state index in [1.807, 2.05) is 26.8 Å². The zero-order valence-electron chi connectivity index (χ0n) is 21.7. The first-order valence-electron chi connectivity index (χ1n) is 12.0. The maximum atomic E-state index is 13.8. The number of nitrogens with zero attached hydrogens (tertiary/aromatic N) is 2. The van der Waals surface area contributed by atoms with Crippen LogP contribution in [0.15, 0.2) is 24.3 Å². The minimum atomic E-state index is -1.07. The second kappa shape index (κ2) is 14.0. The number of rotatable bonds is 11. The van der Waals surface area contributed by atoms with Crippen LogP contribution in [0.3, 0.4) is 0 Å². The molecule has 3 unspecified atom stereocenters. The van der Waals surface area contributed by atoms with Crippen LogP contribution in [0.2, 0.25) is 0 Å². The van der Waals surface area contributed by atoms with E-state index in [1.165, 1.54) is 4.90 Å². The Kier molecular flexibility index (Phi) is 11.8. The molecule has 3 atom stereocenters. The van der Waals surface area contributed by atoms with E-state index >= 15 is 0 Å². The molecule has 35 heavy (non-hydrogen) atoms. The molecule has 2 N–H and O–H groups in total. The molecule has 8 heteroatoms. The zero-order valence-corrected chi connectivity index (χ0v) is 21.7. The van der Waals surface area contributed by atoms with Crippen LogP contribution in [-0.2, 0) is 14.3 Å². The highest BCUT2D eigenvalue weighted by Gasteiger charge is 2.38. The number of hydrogen-bond donors (Lipinski definition) is 2. The number of carbonyl (C=O) groups excluding carboxylic acids is 3. The lowest BCUT2D eigenvalue weighted by molar-refractivity contribution is -0.142. The minimum Gasteiger partial charge on any atom is -0.444 e. The Morgan fingerprint density at radius 3 is 2.29 bits per heavy atom. The summed E-state index contributed by atoms with van der Waals surface area (Å²) in [5, 5.41) is 15.1. The summed E-state index contributed by atoms with van der Waals surface area (Å²) in [6.45, 7) is 11.0. The maximum absolute atomic E-state index is 13.8. The molecule has 0 bridgehead atoms. The Morgan fingerprint density at radius 2 is 1.80 bits per heavy atom. The van der Waals surface area contributed by atoms with E-state index in [0.29, 0.717) is 24.1 Å². The number of hydrogen-bond acceptors (Lipinski definition) is 5. The smallest absolute Gasteiger partial charge is 0.408 e. The van der Waals surface area contributed by atoms with Gasteiger partial charge in [-0.25, -0.2) is 4.79 Å². The van der Waals surface area contributed by atoms with Gasteiger partial charge in [-0.05, 0) is 50.8 Å². The minimum absolute atomic E-state index is 0.274. The molecule has 1 aromatic carbocycles. The molecule has 0 spiro atoms. The third-order valence-electron chi connectivity index (χ3n) is 5.46. The van der Waals surface area contributed by atoms with Crippen molar-refractivity contribution in [1.29, 1.82) is 5.26 Å². The number of nitrogens with one attached hydrogen (secondary N) is 2. The average molecular weight is 483 g/mol. The summed E-state index contributed by atoms with van der Waals surface area (Å²) in [7, 11) is 0. The van der Waals surface area contributed by atoms with Crippen molar-refractivity contribution in [2.24, 2.45) is 5.92 Å². The summed E-state index contributed by atoms with van der Waals surface area (Å²) in [6, 6.07) is 6.66. The molecule has 190 valence electrons. The van der Waals surface area contributed by atoms with Gasteiger partial charge in [-0.3, -0.25) is 9.59 Å². The van der Waals surface area contributed by atoms with Gasteiger partial charge in [0.2, 0.25) is 11.8 Å². The van der Waals surface area contributed by atoms with Crippen LogP contribution in [-0.4, -0.2) is 47.5 Å². The molecule has 0 radical (unpaired) electrons. The summed E-state index contributed by atoms with van der Waals surface area (Å²) < 4.78 is 5.35. The number of unbranched alkanes of at least 4 members (excludes halogenated alkanes) is 1. The molecule has 0 saturated carbocycles. The maximum Gasteiger partial charge on any atom is 0.408 e. The second-order valence-corrected chi connectivity index (χ2v) is 9.45. The van der Waals surface area contributed by atoms with Crippen molar-refractivity contribution in [1.82, 2.24) is 15.5 Å². The van der Waals surface area contributed by atoms with Gasteiger partial charge in [-0.1, -0.05) is 51.7 Å². The van der Waals surface area contributed by atoms with Crippen LogP contribution < -0.4 is 10.6 Å². The topological polar surface area (TPSA) is 112 Å². The van der Waals surface area contributed by atoms with E-state index in [0.717, 1.165) is 12.8 Å². The van der Waals surface area contributed by atoms with E-state index in [1.54, 1.807) is 45.0 Å². The molecule has 0 aliphatic carbocycles. The van der Waals surface area contributed by atoms with Gasteiger partial charge < -0.3 is 20.3 Å². The van der Waals surface area contributed by atoms with Crippen molar-refractivity contribution < 1.29 is 19.1 Å². The number of nitriles is 1. The van der Waals surface area contributed by atoms with Gasteiger partial charge in [0, 0.05) is 12.1 Å². The van der Waals surface area contributed by atoms with Crippen LogP contribution in [0.5, 0.6) is 0 Å². The van der Waals surface area contributed by atoms with Gasteiger partial charge in [-0.2, -0.15) is 5.26 Å². The van der Waals surface area contributed by atoms with Crippen molar-refractivity contribution in [3.63, 3.8) is 0 Å². The quantitative estimate of drug-likeness (QED) is 0.282. The molecule has 0 saturated heterocycles. The van der Waals surface area contributed by atoms with Gasteiger partial charge in [0.05, 0.1) is 6.07 Å². The molecule has 1 rings (SSSR count). The summed E-state index contributed by atoms with van der Waals surface area (Å²) in [6.07, 6.45) is 6.96. The number of terminal acetylenes is 1. The lowest BCUT2D eigenvalue weighted by atomic mass is 9.95. The number of alkyl carbamates (subject to hydrolysis) is 1. The first-order chi connectivity index (χ1) is 16.5. The van der Waals surface area contributed by atoms with E-state index in [2.05, 4.69) is 16.6 Å². The van der Waals surface area contributed by atoms with E-state index < -0.39 is 35.6 Å². The van der Waals surface area contributed by atoms with Gasteiger partial charge in [-0.15, -0.1) is 6.42 Å². The fourth-order valence-corrected chi connectivity index (χ4v) is 3.39. The van der Waals surface area contributed by atoms with Gasteiger partial charge >= 0.3 is 6.09 Å².